The first-order valence-corrected chi connectivity index (χ1v) is 16.8. The molecule has 0 aliphatic rings. The van der Waals surface area contributed by atoms with Crippen LogP contribution in [0.2, 0.25) is 39.3 Å². The summed E-state index contributed by atoms with van der Waals surface area (Å²) in [7, 11) is 5.30. The van der Waals surface area contributed by atoms with Crippen molar-refractivity contribution in [2.75, 3.05) is 41.3 Å². The molecule has 7 heteroatoms. The van der Waals surface area contributed by atoms with Gasteiger partial charge >= 0.3 is 18.9 Å². The van der Waals surface area contributed by atoms with Gasteiger partial charge < -0.3 is 19.4 Å². The molecule has 1 aromatic rings. The number of hydrogen-bond acceptors (Lipinski definition) is 3. The van der Waals surface area contributed by atoms with Gasteiger partial charge in [-0.2, -0.15) is 0 Å². The molecule has 0 aliphatic heterocycles. The van der Waals surface area contributed by atoms with Crippen LogP contribution in [0.1, 0.15) is 18.1 Å². The van der Waals surface area contributed by atoms with E-state index in [1.165, 1.54) is 11.1 Å². The fourth-order valence-corrected chi connectivity index (χ4v) is 3.94. The average molecular weight is 415 g/mol. The molecule has 0 atom stereocenters. The first-order chi connectivity index (χ1) is 12.2. The zero-order valence-electron chi connectivity index (χ0n) is 20.7. The molecule has 0 saturated carbocycles. The fraction of sp³-hybridized carbons (Fsp3) is 0.667. The summed E-state index contributed by atoms with van der Waals surface area (Å²) in [6.45, 7) is 18.1. The third kappa shape index (κ3) is 15.6. The van der Waals surface area contributed by atoms with Gasteiger partial charge in [0.1, 0.15) is 0 Å². The van der Waals surface area contributed by atoms with Gasteiger partial charge in [-0.25, -0.2) is 0 Å². The summed E-state index contributed by atoms with van der Waals surface area (Å²) in [4.78, 5) is 9.36. The third-order valence-electron chi connectivity index (χ3n) is 3.52. The predicted molar refractivity (Wildman–Crippen MR) is 130 cm³/mol. The standard InChI is InChI=1S/C15H27N2Si2.C6H16N2.Li/c1-8-13-11-9-10-12-14(13)15(16-18(2,3)4)17-19(5,6)7;1-7(2)5-6-8(3)4;/h9-12H,8H2,1-7H3;5-6H2,1-4H3;/q-1;;+1. The Bertz CT molecular complexity index is 569. The van der Waals surface area contributed by atoms with E-state index in [0.717, 1.165) is 25.3 Å². The Labute approximate surface area is 189 Å². The van der Waals surface area contributed by atoms with E-state index >= 15 is 0 Å². The number of benzene rings is 1. The van der Waals surface area contributed by atoms with E-state index in [1.807, 2.05) is 0 Å². The summed E-state index contributed by atoms with van der Waals surface area (Å²) in [6.07, 6.45) is 1.03. The van der Waals surface area contributed by atoms with Crippen LogP contribution in [0.4, 0.5) is 0 Å². The van der Waals surface area contributed by atoms with Crippen molar-refractivity contribution in [3.63, 3.8) is 0 Å². The van der Waals surface area contributed by atoms with Crippen LogP contribution in [-0.2, 0) is 6.42 Å². The quantitative estimate of drug-likeness (QED) is 0.389. The molecule has 0 saturated heterocycles. The molecule has 0 unspecified atom stereocenters. The van der Waals surface area contributed by atoms with Gasteiger partial charge in [-0.15, -0.1) is 0 Å². The molecule has 0 fully saturated rings. The molecule has 0 spiro atoms. The zero-order chi connectivity index (χ0) is 21.3. The van der Waals surface area contributed by atoms with Crippen LogP contribution in [0, 0.1) is 0 Å². The summed E-state index contributed by atoms with van der Waals surface area (Å²) in [5.41, 5.74) is 2.58. The average Bonchev–Trinajstić information content (AvgIpc) is 2.50. The number of nitrogens with zero attached hydrogens (tertiary/aromatic N) is 4. The van der Waals surface area contributed by atoms with Crippen LogP contribution < -0.4 is 18.9 Å². The SMILES string of the molecule is CCc1ccccc1/C(=N\[Si](C)(C)C)[N-][Si](C)(C)C.CN(C)CCN(C)C.[Li+]. The molecule has 4 nitrogen and oxygen atoms in total. The van der Waals surface area contributed by atoms with E-state index in [-0.39, 0.29) is 18.9 Å². The topological polar surface area (TPSA) is 32.9 Å². The van der Waals surface area contributed by atoms with Crippen LogP contribution in [-0.4, -0.2) is 73.4 Å². The maximum absolute atomic E-state index is 5.00. The summed E-state index contributed by atoms with van der Waals surface area (Å²) < 4.78 is 5.00. The van der Waals surface area contributed by atoms with Crippen LogP contribution in [0.25, 0.3) is 4.98 Å². The van der Waals surface area contributed by atoms with Crippen molar-refractivity contribution in [2.45, 2.75) is 52.6 Å². The van der Waals surface area contributed by atoms with Crippen LogP contribution in [0.15, 0.2) is 28.9 Å². The Morgan fingerprint density at radius 3 is 1.71 bits per heavy atom. The first-order valence-electron chi connectivity index (χ1n) is 9.95. The molecule has 28 heavy (non-hydrogen) atoms. The Balaban J connectivity index is 0. The summed E-state index contributed by atoms with van der Waals surface area (Å²) in [5.74, 6) is 0.996. The minimum Gasteiger partial charge on any atom is -0.472 e. The molecule has 156 valence electrons. The van der Waals surface area contributed by atoms with Crippen molar-refractivity contribution in [2.24, 2.45) is 4.66 Å². The molecule has 0 aliphatic carbocycles. The molecule has 0 radical (unpaired) electrons. The van der Waals surface area contributed by atoms with Gasteiger partial charge in [0.2, 0.25) is 0 Å². The molecule has 1 aromatic carbocycles. The van der Waals surface area contributed by atoms with Crippen molar-refractivity contribution in [1.29, 1.82) is 0 Å². The van der Waals surface area contributed by atoms with Crippen molar-refractivity contribution >= 4 is 22.3 Å². The number of hydrogen-bond donors (Lipinski definition) is 0. The van der Waals surface area contributed by atoms with E-state index in [4.69, 9.17) is 9.64 Å². The van der Waals surface area contributed by atoms with Gasteiger partial charge in [-0.1, -0.05) is 76.3 Å². The molecular weight excluding hydrogens is 371 g/mol. The summed E-state index contributed by atoms with van der Waals surface area (Å²) >= 11 is 0. The Morgan fingerprint density at radius 2 is 1.36 bits per heavy atom. The van der Waals surface area contributed by atoms with Gasteiger partial charge in [-0.3, -0.25) is 0 Å². The van der Waals surface area contributed by atoms with E-state index in [9.17, 15) is 0 Å². The second-order valence-electron chi connectivity index (χ2n) is 9.51. The van der Waals surface area contributed by atoms with E-state index in [1.54, 1.807) is 0 Å². The molecule has 0 heterocycles. The largest absolute Gasteiger partial charge is 1.00 e. The summed E-state index contributed by atoms with van der Waals surface area (Å²) in [5, 5.41) is 0. The van der Waals surface area contributed by atoms with Crippen LogP contribution in [0.5, 0.6) is 0 Å². The first kappa shape index (κ1) is 29.8. The number of amidine groups is 1. The van der Waals surface area contributed by atoms with Crippen molar-refractivity contribution < 1.29 is 18.9 Å². The molecular formula is C21H43LiN4Si2. The van der Waals surface area contributed by atoms with Gasteiger partial charge in [0, 0.05) is 29.6 Å². The normalized spacial score (nSPS) is 12.4. The van der Waals surface area contributed by atoms with E-state index in [2.05, 4.69) is 108 Å². The Morgan fingerprint density at radius 1 is 0.893 bits per heavy atom. The second kappa shape index (κ2) is 13.8. The molecule has 0 amide bonds. The molecule has 0 N–H and O–H groups in total. The van der Waals surface area contributed by atoms with E-state index < -0.39 is 16.5 Å². The second-order valence-corrected chi connectivity index (χ2v) is 18.6. The monoisotopic (exact) mass is 414 g/mol. The maximum Gasteiger partial charge on any atom is 1.00 e. The van der Waals surface area contributed by atoms with E-state index in [0.29, 0.717) is 0 Å². The molecule has 0 bridgehead atoms. The smallest absolute Gasteiger partial charge is 0.472 e. The fourth-order valence-electron chi connectivity index (χ4n) is 2.23. The number of aryl methyl sites for hydroxylation is 1. The number of rotatable bonds is 7. The van der Waals surface area contributed by atoms with Gasteiger partial charge in [0.25, 0.3) is 0 Å². The number of likely N-dealkylation sites (N-methyl/N-ethyl adjacent to an activating group) is 2. The van der Waals surface area contributed by atoms with Crippen LogP contribution >= 0.6 is 0 Å². The minimum absolute atomic E-state index is 0. The maximum atomic E-state index is 5.00. The van der Waals surface area contributed by atoms with Crippen molar-refractivity contribution in [1.82, 2.24) is 9.80 Å². The third-order valence-corrected chi connectivity index (χ3v) is 5.28. The van der Waals surface area contributed by atoms with Gasteiger partial charge in [0.05, 0.1) is 0 Å². The Hall–Kier alpha value is -0.359. The van der Waals surface area contributed by atoms with Gasteiger partial charge in [-0.05, 0) is 45.7 Å². The predicted octanol–water partition coefficient (Wildman–Crippen LogP) is 2.15. The summed E-state index contributed by atoms with van der Waals surface area (Å²) in [6, 6.07) is 8.55. The molecule has 1 rings (SSSR count). The van der Waals surface area contributed by atoms with Crippen LogP contribution in [0.3, 0.4) is 0 Å². The van der Waals surface area contributed by atoms with Crippen molar-refractivity contribution in [3.05, 3.63) is 40.4 Å². The van der Waals surface area contributed by atoms with Crippen molar-refractivity contribution in [3.8, 4) is 0 Å². The molecule has 0 aromatic heterocycles. The van der Waals surface area contributed by atoms with Gasteiger partial charge in [0.15, 0.2) is 0 Å². The Kier molecular flexibility index (Phi) is 14.7. The zero-order valence-corrected chi connectivity index (χ0v) is 22.7. The minimum atomic E-state index is -1.52.